The predicted octanol–water partition coefficient (Wildman–Crippen LogP) is -0.383. The number of nitrogens with zero attached hydrogens (tertiary/aromatic N) is 2. The Balaban J connectivity index is 2.96. The first kappa shape index (κ1) is 9.18. The van der Waals surface area contributed by atoms with Crippen molar-refractivity contribution in [3.8, 4) is 5.75 Å². The highest BCUT2D eigenvalue weighted by Crippen LogP contribution is 2.22. The fourth-order valence-electron chi connectivity index (χ4n) is 0.535. The molecule has 0 fully saturated rings. The van der Waals surface area contributed by atoms with Gasteiger partial charge in [-0.15, -0.1) is 0 Å². The van der Waals surface area contributed by atoms with E-state index < -0.39 is 19.0 Å². The summed E-state index contributed by atoms with van der Waals surface area (Å²) in [6.07, 6.45) is 0.883. The number of hydrogen-bond acceptors (Lipinski definition) is 5. The Kier molecular flexibility index (Phi) is 2.80. The molecule has 1 rings (SSSR count). The highest BCUT2D eigenvalue weighted by molar-refractivity contribution is 6.35. The molecule has 8 heteroatoms. The summed E-state index contributed by atoms with van der Waals surface area (Å²) in [6, 6.07) is 0. The van der Waals surface area contributed by atoms with Crippen molar-refractivity contribution in [3.63, 3.8) is 0 Å². The molecule has 0 unspecified atom stereocenters. The Morgan fingerprint density at radius 1 is 1.50 bits per heavy atom. The molecule has 12 heavy (non-hydrogen) atoms. The first-order chi connectivity index (χ1) is 5.61. The fourth-order valence-corrected chi connectivity index (χ4v) is 0.701. The van der Waals surface area contributed by atoms with Crippen LogP contribution in [0.3, 0.4) is 0 Å². The molecule has 0 saturated heterocycles. The summed E-state index contributed by atoms with van der Waals surface area (Å²) in [7, 11) is -2.15. The zero-order chi connectivity index (χ0) is 9.14. The molecule has 1 heterocycles. The van der Waals surface area contributed by atoms with E-state index in [2.05, 4.69) is 14.6 Å². The predicted molar refractivity (Wildman–Crippen MR) is 37.8 cm³/mol. The van der Waals surface area contributed by atoms with Crippen LogP contribution in [0.15, 0.2) is 6.33 Å². The van der Waals surface area contributed by atoms with Crippen molar-refractivity contribution >= 4 is 18.9 Å². The number of halogens is 2. The molecule has 2 N–H and O–H groups in total. The van der Waals surface area contributed by atoms with Gasteiger partial charge in [0.25, 0.3) is 5.95 Å². The summed E-state index contributed by atoms with van der Waals surface area (Å²) in [5.74, 6) is -1.64. The minimum absolute atomic E-state index is 0.324. The molecule has 0 aliphatic heterocycles. The first-order valence-corrected chi connectivity index (χ1v) is 3.18. The van der Waals surface area contributed by atoms with Crippen LogP contribution in [0.4, 0.5) is 4.39 Å². The van der Waals surface area contributed by atoms with Gasteiger partial charge in [-0.2, -0.15) is 4.39 Å². The van der Waals surface area contributed by atoms with Gasteiger partial charge in [-0.3, -0.25) is 0 Å². The van der Waals surface area contributed by atoms with Gasteiger partial charge in [0.2, 0.25) is 0 Å². The summed E-state index contributed by atoms with van der Waals surface area (Å²) >= 11 is 5.34. The third-order valence-electron chi connectivity index (χ3n) is 0.940. The van der Waals surface area contributed by atoms with Crippen LogP contribution in [0.5, 0.6) is 5.75 Å². The number of hydrogen-bond donors (Lipinski definition) is 2. The maximum atomic E-state index is 12.6. The van der Waals surface area contributed by atoms with Gasteiger partial charge in [-0.1, -0.05) is 11.6 Å². The van der Waals surface area contributed by atoms with Gasteiger partial charge in [-0.25, -0.2) is 9.97 Å². The molecule has 1 aromatic heterocycles. The van der Waals surface area contributed by atoms with Crippen molar-refractivity contribution in [3.05, 3.63) is 17.4 Å². The second-order valence-corrected chi connectivity index (χ2v) is 2.09. The SMILES string of the molecule is OB(O)Oc1c(F)ncnc1Cl. The van der Waals surface area contributed by atoms with Crippen LogP contribution >= 0.6 is 11.6 Å². The molecule has 0 spiro atoms. The smallest absolute Gasteiger partial charge is 0.506 e. The summed E-state index contributed by atoms with van der Waals surface area (Å²) in [4.78, 5) is 6.44. The summed E-state index contributed by atoms with van der Waals surface area (Å²) < 4.78 is 16.8. The lowest BCUT2D eigenvalue weighted by Gasteiger charge is -2.04. The number of aromatic nitrogens is 2. The lowest BCUT2D eigenvalue weighted by molar-refractivity contribution is 0.279. The van der Waals surface area contributed by atoms with Crippen LogP contribution < -0.4 is 4.65 Å². The highest BCUT2D eigenvalue weighted by atomic mass is 35.5. The van der Waals surface area contributed by atoms with Crippen LogP contribution in [0.25, 0.3) is 0 Å². The second kappa shape index (κ2) is 3.66. The van der Waals surface area contributed by atoms with Gasteiger partial charge in [0.1, 0.15) is 6.33 Å². The maximum Gasteiger partial charge on any atom is 0.707 e. The normalized spacial score (nSPS) is 9.67. The van der Waals surface area contributed by atoms with Crippen molar-refractivity contribution in [2.24, 2.45) is 0 Å². The van der Waals surface area contributed by atoms with E-state index in [1.807, 2.05) is 0 Å². The Morgan fingerprint density at radius 3 is 2.67 bits per heavy atom. The van der Waals surface area contributed by atoms with E-state index in [0.29, 0.717) is 0 Å². The molecule has 0 aliphatic carbocycles. The van der Waals surface area contributed by atoms with Crippen LogP contribution in [0.2, 0.25) is 5.15 Å². The second-order valence-electron chi connectivity index (χ2n) is 1.73. The van der Waals surface area contributed by atoms with Crippen molar-refractivity contribution in [2.75, 3.05) is 0 Å². The Bertz CT molecular complexity index is 267. The zero-order valence-electron chi connectivity index (χ0n) is 5.61. The van der Waals surface area contributed by atoms with E-state index in [0.717, 1.165) is 6.33 Å². The van der Waals surface area contributed by atoms with Crippen LogP contribution in [-0.2, 0) is 0 Å². The first-order valence-electron chi connectivity index (χ1n) is 2.80. The standard InChI is InChI=1S/C4H3BClFN2O3/c6-3-2(12-5(10)11)4(7)9-1-8-3/h1,10-11H. The maximum absolute atomic E-state index is 12.6. The average molecular weight is 192 g/mol. The summed E-state index contributed by atoms with van der Waals surface area (Å²) in [5, 5.41) is 16.3. The quantitative estimate of drug-likeness (QED) is 0.493. The van der Waals surface area contributed by atoms with Gasteiger partial charge in [-0.05, 0) is 0 Å². The molecule has 64 valence electrons. The van der Waals surface area contributed by atoms with Crippen LogP contribution in [-0.4, -0.2) is 27.3 Å². The largest absolute Gasteiger partial charge is 0.707 e. The van der Waals surface area contributed by atoms with Gasteiger partial charge < -0.3 is 14.7 Å². The Hall–Kier alpha value is -0.915. The van der Waals surface area contributed by atoms with Crippen LogP contribution in [0.1, 0.15) is 0 Å². The lowest BCUT2D eigenvalue weighted by atomic mass is 10.2. The summed E-state index contributed by atoms with van der Waals surface area (Å²) in [5.41, 5.74) is 0. The van der Waals surface area contributed by atoms with Crippen molar-refractivity contribution in [1.29, 1.82) is 0 Å². The Labute approximate surface area is 72.0 Å². The highest BCUT2D eigenvalue weighted by Gasteiger charge is 2.18. The zero-order valence-corrected chi connectivity index (χ0v) is 6.36. The molecule has 0 amide bonds. The molecule has 0 radical (unpaired) electrons. The van der Waals surface area contributed by atoms with Crippen molar-refractivity contribution in [2.45, 2.75) is 0 Å². The molecule has 5 nitrogen and oxygen atoms in total. The molecule has 0 atom stereocenters. The minimum atomic E-state index is -2.15. The number of rotatable bonds is 2. The third-order valence-corrected chi connectivity index (χ3v) is 1.21. The lowest BCUT2D eigenvalue weighted by Crippen LogP contribution is -2.21. The van der Waals surface area contributed by atoms with Gasteiger partial charge in [0.15, 0.2) is 10.9 Å². The molecular weight excluding hydrogens is 189 g/mol. The van der Waals surface area contributed by atoms with E-state index in [9.17, 15) is 4.39 Å². The average Bonchev–Trinajstić information content (AvgIpc) is 1.97. The van der Waals surface area contributed by atoms with E-state index in [1.165, 1.54) is 0 Å². The van der Waals surface area contributed by atoms with E-state index in [1.54, 1.807) is 0 Å². The van der Waals surface area contributed by atoms with E-state index in [4.69, 9.17) is 21.6 Å². The molecule has 1 aromatic rings. The van der Waals surface area contributed by atoms with Gasteiger partial charge in [0.05, 0.1) is 0 Å². The van der Waals surface area contributed by atoms with Gasteiger partial charge >= 0.3 is 7.32 Å². The topological polar surface area (TPSA) is 75.5 Å². The van der Waals surface area contributed by atoms with Crippen LogP contribution in [0, 0.1) is 5.95 Å². The molecule has 0 aromatic carbocycles. The third kappa shape index (κ3) is 2.03. The van der Waals surface area contributed by atoms with E-state index in [-0.39, 0.29) is 5.15 Å². The molecule has 0 bridgehead atoms. The van der Waals surface area contributed by atoms with Gasteiger partial charge in [0, 0.05) is 0 Å². The minimum Gasteiger partial charge on any atom is -0.506 e. The monoisotopic (exact) mass is 192 g/mol. The summed E-state index contributed by atoms with van der Waals surface area (Å²) in [6.45, 7) is 0. The molecule has 0 aliphatic rings. The Morgan fingerprint density at radius 2 is 2.17 bits per heavy atom. The van der Waals surface area contributed by atoms with Crippen molar-refractivity contribution in [1.82, 2.24) is 9.97 Å². The van der Waals surface area contributed by atoms with Crippen molar-refractivity contribution < 1.29 is 19.1 Å². The van der Waals surface area contributed by atoms with E-state index >= 15 is 0 Å². The fraction of sp³-hybridized carbons (Fsp3) is 0. The molecule has 0 saturated carbocycles. The molecular formula is C4H3BClFN2O3.